The molecular formula is C15H25FN2O. The van der Waals surface area contributed by atoms with Gasteiger partial charge in [-0.3, -0.25) is 0 Å². The molecule has 1 aromatic carbocycles. The van der Waals surface area contributed by atoms with E-state index in [2.05, 4.69) is 31.0 Å². The summed E-state index contributed by atoms with van der Waals surface area (Å²) in [7, 11) is 3.99. The highest BCUT2D eigenvalue weighted by Crippen LogP contribution is 2.20. The SMILES string of the molecule is CN(C)CCOc1ccc(F)cc1CNC(C)(C)C. The molecule has 1 rings (SSSR count). The van der Waals surface area contributed by atoms with Gasteiger partial charge in [-0.15, -0.1) is 0 Å². The fourth-order valence-corrected chi connectivity index (χ4v) is 1.53. The van der Waals surface area contributed by atoms with Gasteiger partial charge in [-0.1, -0.05) is 0 Å². The normalized spacial score (nSPS) is 11.9. The standard InChI is InChI=1S/C15H25FN2O/c1-15(2,3)17-11-12-10-13(16)6-7-14(12)19-9-8-18(4)5/h6-7,10,17H,8-9,11H2,1-5H3. The Hall–Kier alpha value is -1.13. The summed E-state index contributed by atoms with van der Waals surface area (Å²) < 4.78 is 19.0. The number of ether oxygens (including phenoxy) is 1. The lowest BCUT2D eigenvalue weighted by Gasteiger charge is -2.22. The van der Waals surface area contributed by atoms with Gasteiger partial charge in [-0.25, -0.2) is 4.39 Å². The molecule has 3 nitrogen and oxygen atoms in total. The van der Waals surface area contributed by atoms with Crippen molar-refractivity contribution < 1.29 is 9.13 Å². The predicted molar refractivity (Wildman–Crippen MR) is 77.0 cm³/mol. The average molecular weight is 268 g/mol. The quantitative estimate of drug-likeness (QED) is 0.858. The van der Waals surface area contributed by atoms with Crippen LogP contribution in [0.5, 0.6) is 5.75 Å². The molecule has 0 aromatic heterocycles. The number of halogens is 1. The zero-order valence-electron chi connectivity index (χ0n) is 12.6. The molecule has 0 bridgehead atoms. The number of nitrogens with one attached hydrogen (secondary N) is 1. The Bertz CT molecular complexity index is 400. The molecule has 0 unspecified atom stereocenters. The Kier molecular flexibility index (Phi) is 5.76. The highest BCUT2D eigenvalue weighted by Gasteiger charge is 2.12. The molecule has 0 saturated carbocycles. The first-order chi connectivity index (χ1) is 8.78. The molecule has 0 fully saturated rings. The Morgan fingerprint density at radius 3 is 2.53 bits per heavy atom. The van der Waals surface area contributed by atoms with E-state index in [1.54, 1.807) is 6.07 Å². The van der Waals surface area contributed by atoms with Gasteiger partial charge in [0.05, 0.1) is 0 Å². The van der Waals surface area contributed by atoms with Gasteiger partial charge in [-0.2, -0.15) is 0 Å². The first kappa shape index (κ1) is 15.9. The van der Waals surface area contributed by atoms with E-state index in [1.165, 1.54) is 12.1 Å². The van der Waals surface area contributed by atoms with Crippen molar-refractivity contribution in [2.75, 3.05) is 27.2 Å². The first-order valence-corrected chi connectivity index (χ1v) is 6.59. The van der Waals surface area contributed by atoms with Crippen molar-refractivity contribution in [3.63, 3.8) is 0 Å². The van der Waals surface area contributed by atoms with Crippen molar-refractivity contribution in [3.8, 4) is 5.75 Å². The molecule has 0 amide bonds. The van der Waals surface area contributed by atoms with E-state index in [1.807, 2.05) is 14.1 Å². The van der Waals surface area contributed by atoms with Crippen molar-refractivity contribution in [1.82, 2.24) is 10.2 Å². The number of nitrogens with zero attached hydrogens (tertiary/aromatic N) is 1. The Morgan fingerprint density at radius 1 is 1.26 bits per heavy atom. The molecule has 0 spiro atoms. The van der Waals surface area contributed by atoms with Crippen molar-refractivity contribution in [2.24, 2.45) is 0 Å². The van der Waals surface area contributed by atoms with Gasteiger partial charge < -0.3 is 15.0 Å². The van der Waals surface area contributed by atoms with Crippen LogP contribution < -0.4 is 10.1 Å². The van der Waals surface area contributed by atoms with E-state index in [9.17, 15) is 4.39 Å². The molecule has 19 heavy (non-hydrogen) atoms. The van der Waals surface area contributed by atoms with Crippen LogP contribution in [-0.2, 0) is 6.54 Å². The minimum atomic E-state index is -0.231. The number of rotatable bonds is 6. The number of likely N-dealkylation sites (N-methyl/N-ethyl adjacent to an activating group) is 1. The Balaban J connectivity index is 2.68. The molecule has 108 valence electrons. The minimum absolute atomic E-state index is 0.00672. The molecule has 0 heterocycles. The second-order valence-corrected chi connectivity index (χ2v) is 6.01. The molecule has 0 aliphatic rings. The van der Waals surface area contributed by atoms with Crippen LogP contribution in [0.4, 0.5) is 4.39 Å². The molecule has 1 N–H and O–H groups in total. The molecule has 0 aliphatic heterocycles. The lowest BCUT2D eigenvalue weighted by Crippen LogP contribution is -2.35. The predicted octanol–water partition coefficient (Wildman–Crippen LogP) is 2.65. The second-order valence-electron chi connectivity index (χ2n) is 6.01. The lowest BCUT2D eigenvalue weighted by atomic mass is 10.1. The lowest BCUT2D eigenvalue weighted by molar-refractivity contribution is 0.258. The zero-order chi connectivity index (χ0) is 14.5. The third-order valence-corrected chi connectivity index (χ3v) is 2.63. The summed E-state index contributed by atoms with van der Waals surface area (Å²) >= 11 is 0. The maximum absolute atomic E-state index is 13.3. The van der Waals surface area contributed by atoms with Crippen LogP contribution in [0, 0.1) is 5.82 Å². The fourth-order valence-electron chi connectivity index (χ4n) is 1.53. The van der Waals surface area contributed by atoms with Gasteiger partial charge in [0, 0.05) is 24.2 Å². The van der Waals surface area contributed by atoms with Crippen LogP contribution in [0.25, 0.3) is 0 Å². The third-order valence-electron chi connectivity index (χ3n) is 2.63. The maximum Gasteiger partial charge on any atom is 0.124 e. The summed E-state index contributed by atoms with van der Waals surface area (Å²) in [4.78, 5) is 2.05. The van der Waals surface area contributed by atoms with Gasteiger partial charge in [-0.05, 0) is 53.1 Å². The van der Waals surface area contributed by atoms with E-state index in [0.717, 1.165) is 17.9 Å². The zero-order valence-corrected chi connectivity index (χ0v) is 12.6. The summed E-state index contributed by atoms with van der Waals surface area (Å²) in [5.41, 5.74) is 0.849. The molecule has 0 atom stereocenters. The van der Waals surface area contributed by atoms with Crippen LogP contribution in [-0.4, -0.2) is 37.7 Å². The van der Waals surface area contributed by atoms with Crippen molar-refractivity contribution >= 4 is 0 Å². The van der Waals surface area contributed by atoms with Gasteiger partial charge in [0.1, 0.15) is 18.2 Å². The fraction of sp³-hybridized carbons (Fsp3) is 0.600. The van der Waals surface area contributed by atoms with Gasteiger partial charge in [0.2, 0.25) is 0 Å². The summed E-state index contributed by atoms with van der Waals surface area (Å²) in [5, 5.41) is 3.35. The van der Waals surface area contributed by atoms with Crippen LogP contribution >= 0.6 is 0 Å². The maximum atomic E-state index is 13.3. The van der Waals surface area contributed by atoms with Gasteiger partial charge in [0.25, 0.3) is 0 Å². The highest BCUT2D eigenvalue weighted by atomic mass is 19.1. The van der Waals surface area contributed by atoms with Crippen LogP contribution in [0.1, 0.15) is 26.3 Å². The van der Waals surface area contributed by atoms with E-state index in [0.29, 0.717) is 13.2 Å². The van der Waals surface area contributed by atoms with Gasteiger partial charge in [0.15, 0.2) is 0 Å². The van der Waals surface area contributed by atoms with Crippen LogP contribution in [0.15, 0.2) is 18.2 Å². The molecular weight excluding hydrogens is 243 g/mol. The largest absolute Gasteiger partial charge is 0.492 e. The minimum Gasteiger partial charge on any atom is -0.492 e. The van der Waals surface area contributed by atoms with Crippen molar-refractivity contribution in [3.05, 3.63) is 29.6 Å². The van der Waals surface area contributed by atoms with E-state index in [-0.39, 0.29) is 11.4 Å². The molecule has 0 radical (unpaired) electrons. The summed E-state index contributed by atoms with van der Waals surface area (Å²) in [6.07, 6.45) is 0. The Labute approximate surface area is 115 Å². The molecule has 0 saturated heterocycles. The summed E-state index contributed by atoms with van der Waals surface area (Å²) in [5.74, 6) is 0.519. The van der Waals surface area contributed by atoms with E-state index >= 15 is 0 Å². The van der Waals surface area contributed by atoms with E-state index in [4.69, 9.17) is 4.74 Å². The van der Waals surface area contributed by atoms with Crippen LogP contribution in [0.2, 0.25) is 0 Å². The number of benzene rings is 1. The smallest absolute Gasteiger partial charge is 0.124 e. The van der Waals surface area contributed by atoms with Crippen molar-refractivity contribution in [2.45, 2.75) is 32.9 Å². The van der Waals surface area contributed by atoms with Gasteiger partial charge >= 0.3 is 0 Å². The van der Waals surface area contributed by atoms with Crippen LogP contribution in [0.3, 0.4) is 0 Å². The highest BCUT2D eigenvalue weighted by molar-refractivity contribution is 5.34. The monoisotopic (exact) mass is 268 g/mol. The number of hydrogen-bond acceptors (Lipinski definition) is 3. The molecule has 0 aliphatic carbocycles. The topological polar surface area (TPSA) is 24.5 Å². The van der Waals surface area contributed by atoms with Crippen molar-refractivity contribution in [1.29, 1.82) is 0 Å². The molecule has 4 heteroatoms. The number of hydrogen-bond donors (Lipinski definition) is 1. The first-order valence-electron chi connectivity index (χ1n) is 6.59. The molecule has 1 aromatic rings. The van der Waals surface area contributed by atoms with E-state index < -0.39 is 0 Å². The summed E-state index contributed by atoms with van der Waals surface area (Å²) in [6.45, 7) is 8.28. The third kappa shape index (κ3) is 6.55. The average Bonchev–Trinajstić information content (AvgIpc) is 2.27. The Morgan fingerprint density at radius 2 is 1.95 bits per heavy atom. The summed E-state index contributed by atoms with van der Waals surface area (Å²) in [6, 6.07) is 4.67. The second kappa shape index (κ2) is 6.87.